The molecule has 2 heterocycles. The van der Waals surface area contributed by atoms with Crippen molar-refractivity contribution in [2.24, 2.45) is 5.73 Å². The lowest BCUT2D eigenvalue weighted by molar-refractivity contribution is 0.100. The number of rotatable bonds is 4. The van der Waals surface area contributed by atoms with Gasteiger partial charge in [0.15, 0.2) is 0 Å². The van der Waals surface area contributed by atoms with Crippen LogP contribution in [0, 0.1) is 20.8 Å². The minimum atomic E-state index is -0.519. The molecule has 0 atom stereocenters. The minimum Gasteiger partial charge on any atom is -0.366 e. The maximum Gasteiger partial charge on any atom is 0.255 e. The van der Waals surface area contributed by atoms with E-state index in [4.69, 9.17) is 5.73 Å². The second-order valence-electron chi connectivity index (χ2n) is 6.28. The zero-order valence-corrected chi connectivity index (χ0v) is 15.3. The molecule has 0 unspecified atom stereocenters. The van der Waals surface area contributed by atoms with Crippen LogP contribution in [0.1, 0.15) is 39.8 Å². The van der Waals surface area contributed by atoms with Gasteiger partial charge in [0.25, 0.3) is 5.56 Å². The van der Waals surface area contributed by atoms with Crippen LogP contribution < -0.4 is 11.3 Å². The van der Waals surface area contributed by atoms with E-state index in [9.17, 15) is 9.59 Å². The van der Waals surface area contributed by atoms with E-state index >= 15 is 0 Å². The van der Waals surface area contributed by atoms with Crippen molar-refractivity contribution in [1.29, 1.82) is 0 Å². The van der Waals surface area contributed by atoms with Crippen LogP contribution in [0.2, 0.25) is 0 Å². The molecule has 3 rings (SSSR count). The number of H-pyrrole nitrogens is 1. The fraction of sp³-hybridized carbons (Fsp3) is 0.263. The Balaban J connectivity index is 2.30. The summed E-state index contributed by atoms with van der Waals surface area (Å²) in [5.41, 5.74) is 10.0. The van der Waals surface area contributed by atoms with Crippen molar-refractivity contribution in [3.63, 3.8) is 0 Å². The number of benzene rings is 1. The maximum atomic E-state index is 12.2. The summed E-state index contributed by atoms with van der Waals surface area (Å²) in [5, 5.41) is 4.46. The normalized spacial score (nSPS) is 10.9. The molecule has 0 aliphatic rings. The molecule has 0 saturated carbocycles. The summed E-state index contributed by atoms with van der Waals surface area (Å²) >= 11 is 0. The van der Waals surface area contributed by atoms with Crippen LogP contribution in [0.4, 0.5) is 0 Å². The molecule has 0 bridgehead atoms. The first-order valence-corrected chi connectivity index (χ1v) is 8.39. The van der Waals surface area contributed by atoms with Crippen molar-refractivity contribution < 1.29 is 4.79 Å². The Hall–Kier alpha value is -3.22. The first-order chi connectivity index (χ1) is 12.3. The second-order valence-corrected chi connectivity index (χ2v) is 6.28. The van der Waals surface area contributed by atoms with Gasteiger partial charge < -0.3 is 5.73 Å². The molecule has 7 nitrogen and oxygen atoms in total. The molecule has 2 aromatic heterocycles. The first-order valence-electron chi connectivity index (χ1n) is 8.39. The Kier molecular flexibility index (Phi) is 4.46. The number of primary amides is 1. The first kappa shape index (κ1) is 17.6. The number of aryl methyl sites for hydroxylation is 3. The van der Waals surface area contributed by atoms with Crippen LogP contribution in [-0.4, -0.2) is 25.7 Å². The van der Waals surface area contributed by atoms with Gasteiger partial charge in [-0.05, 0) is 51.0 Å². The van der Waals surface area contributed by atoms with Gasteiger partial charge in [0.05, 0.1) is 11.4 Å². The van der Waals surface area contributed by atoms with Crippen molar-refractivity contribution in [2.75, 3.05) is 0 Å². The lowest BCUT2D eigenvalue weighted by Gasteiger charge is -2.12. The van der Waals surface area contributed by atoms with Crippen molar-refractivity contribution in [1.82, 2.24) is 19.7 Å². The summed E-state index contributed by atoms with van der Waals surface area (Å²) in [6.45, 7) is 7.37. The molecule has 3 N–H and O–H groups in total. The highest BCUT2D eigenvalue weighted by Crippen LogP contribution is 2.27. The smallest absolute Gasteiger partial charge is 0.255 e. The van der Waals surface area contributed by atoms with Crippen molar-refractivity contribution in [3.05, 3.63) is 62.7 Å². The van der Waals surface area contributed by atoms with E-state index in [1.807, 2.05) is 32.0 Å². The Morgan fingerprint density at radius 3 is 2.58 bits per heavy atom. The monoisotopic (exact) mass is 351 g/mol. The molecule has 0 spiro atoms. The van der Waals surface area contributed by atoms with E-state index in [1.165, 1.54) is 0 Å². The number of nitrogens with two attached hydrogens (primary N) is 1. The van der Waals surface area contributed by atoms with Gasteiger partial charge in [-0.25, -0.2) is 4.98 Å². The fourth-order valence-electron chi connectivity index (χ4n) is 2.82. The van der Waals surface area contributed by atoms with Gasteiger partial charge in [-0.3, -0.25) is 14.6 Å². The molecule has 134 valence electrons. The zero-order valence-electron chi connectivity index (χ0n) is 15.3. The van der Waals surface area contributed by atoms with E-state index in [0.29, 0.717) is 34.0 Å². The van der Waals surface area contributed by atoms with Gasteiger partial charge in [0.1, 0.15) is 0 Å². The molecule has 3 aromatic rings. The lowest BCUT2D eigenvalue weighted by atomic mass is 9.99. The molecular formula is C19H21N5O2. The third-order valence-electron chi connectivity index (χ3n) is 4.45. The third kappa shape index (κ3) is 3.03. The predicted octanol–water partition coefficient (Wildman–Crippen LogP) is 2.21. The fourth-order valence-corrected chi connectivity index (χ4v) is 2.82. The molecule has 0 aliphatic heterocycles. The van der Waals surface area contributed by atoms with Gasteiger partial charge in [0, 0.05) is 22.4 Å². The van der Waals surface area contributed by atoms with Crippen LogP contribution in [0.3, 0.4) is 0 Å². The predicted molar refractivity (Wildman–Crippen MR) is 99.5 cm³/mol. The summed E-state index contributed by atoms with van der Waals surface area (Å²) in [4.78, 5) is 31.3. The van der Waals surface area contributed by atoms with E-state index < -0.39 is 5.91 Å². The number of aromatic amines is 1. The van der Waals surface area contributed by atoms with Gasteiger partial charge in [-0.15, -0.1) is 0 Å². The number of nitrogens with one attached hydrogen (secondary N) is 1. The summed E-state index contributed by atoms with van der Waals surface area (Å²) < 4.78 is 1.55. The maximum absolute atomic E-state index is 12.2. The number of hydrogen-bond donors (Lipinski definition) is 2. The highest BCUT2D eigenvalue weighted by Gasteiger charge is 2.18. The Bertz CT molecular complexity index is 1060. The molecule has 1 aromatic carbocycles. The Morgan fingerprint density at radius 2 is 1.96 bits per heavy atom. The number of carbonyl (C=O) groups excluding carboxylic acids is 1. The zero-order chi connectivity index (χ0) is 19.0. The van der Waals surface area contributed by atoms with Crippen LogP contribution in [0.25, 0.3) is 17.2 Å². The molecule has 0 radical (unpaired) electrons. The van der Waals surface area contributed by atoms with E-state index in [1.54, 1.807) is 24.6 Å². The van der Waals surface area contributed by atoms with Crippen molar-refractivity contribution >= 4 is 5.91 Å². The van der Waals surface area contributed by atoms with Crippen molar-refractivity contribution in [3.8, 4) is 17.2 Å². The van der Waals surface area contributed by atoms with Gasteiger partial charge in [-0.1, -0.05) is 13.0 Å². The topological polar surface area (TPSA) is 107 Å². The summed E-state index contributed by atoms with van der Waals surface area (Å²) in [5.74, 6) is -0.215. The van der Waals surface area contributed by atoms with Crippen LogP contribution in [0.15, 0.2) is 29.1 Å². The van der Waals surface area contributed by atoms with E-state index in [2.05, 4.69) is 15.1 Å². The summed E-state index contributed by atoms with van der Waals surface area (Å²) in [6, 6.07) is 7.37. The number of carbonyl (C=O) groups is 1. The number of amides is 1. The molecule has 26 heavy (non-hydrogen) atoms. The van der Waals surface area contributed by atoms with Crippen LogP contribution in [-0.2, 0) is 6.42 Å². The summed E-state index contributed by atoms with van der Waals surface area (Å²) in [6.07, 6.45) is 0.817. The largest absolute Gasteiger partial charge is 0.366 e. The van der Waals surface area contributed by atoms with Gasteiger partial charge >= 0.3 is 0 Å². The second kappa shape index (κ2) is 6.59. The standard InChI is InChI=1S/C19H21N5O2/c1-5-13-6-7-14(17(20)25)15(9-13)16-8-10(2)23-24(16)19-21-12(4)11(3)18(26)22-19/h6-9H,5H2,1-4H3,(H2,20,25)(H,21,22,26). The van der Waals surface area contributed by atoms with Gasteiger partial charge in [0.2, 0.25) is 11.9 Å². The average Bonchev–Trinajstić information content (AvgIpc) is 3.00. The molecule has 1 amide bonds. The lowest BCUT2D eigenvalue weighted by Crippen LogP contribution is -2.19. The molecule has 7 heteroatoms. The number of nitrogens with zero attached hydrogens (tertiary/aromatic N) is 3. The van der Waals surface area contributed by atoms with E-state index in [0.717, 1.165) is 17.7 Å². The third-order valence-corrected chi connectivity index (χ3v) is 4.45. The summed E-state index contributed by atoms with van der Waals surface area (Å²) in [7, 11) is 0. The Morgan fingerprint density at radius 1 is 1.23 bits per heavy atom. The number of hydrogen-bond acceptors (Lipinski definition) is 4. The molecule has 0 aliphatic carbocycles. The quantitative estimate of drug-likeness (QED) is 0.751. The molecule has 0 fully saturated rings. The highest BCUT2D eigenvalue weighted by atomic mass is 16.1. The minimum absolute atomic E-state index is 0.218. The molecule has 0 saturated heterocycles. The SMILES string of the molecule is CCc1ccc(C(N)=O)c(-c2cc(C)nn2-c2nc(C)c(C)c(=O)[nH]2)c1. The van der Waals surface area contributed by atoms with Gasteiger partial charge in [-0.2, -0.15) is 9.78 Å². The molecular weight excluding hydrogens is 330 g/mol. The number of aromatic nitrogens is 4. The average molecular weight is 351 g/mol. The van der Waals surface area contributed by atoms with Crippen LogP contribution in [0.5, 0.6) is 0 Å². The van der Waals surface area contributed by atoms with E-state index in [-0.39, 0.29) is 5.56 Å². The van der Waals surface area contributed by atoms with Crippen LogP contribution >= 0.6 is 0 Å². The highest BCUT2D eigenvalue weighted by molar-refractivity contribution is 5.99. The van der Waals surface area contributed by atoms with Crippen molar-refractivity contribution in [2.45, 2.75) is 34.1 Å². The Labute approximate surface area is 150 Å².